The normalized spacial score (nSPS) is 21.2. The minimum Gasteiger partial charge on any atom is -0.399 e. The summed E-state index contributed by atoms with van der Waals surface area (Å²) in [6.07, 6.45) is 3.21. The molecule has 17 heavy (non-hydrogen) atoms. The Morgan fingerprint density at radius 1 is 1.18 bits per heavy atom. The molecule has 2 rings (SSSR count). The monoisotopic (exact) mass is 230 g/mol. The van der Waals surface area contributed by atoms with Crippen LogP contribution in [0.15, 0.2) is 18.5 Å². The molecule has 0 N–H and O–H groups in total. The molecule has 5 heteroatoms. The summed E-state index contributed by atoms with van der Waals surface area (Å²) in [5.74, 6) is 0. The summed E-state index contributed by atoms with van der Waals surface area (Å²) in [5.41, 5.74) is 0.548. The lowest BCUT2D eigenvalue weighted by atomic mass is 9.80. The fourth-order valence-electron chi connectivity index (χ4n) is 1.61. The zero-order valence-corrected chi connectivity index (χ0v) is 10.5. The molecule has 0 aromatic carbocycles. The summed E-state index contributed by atoms with van der Waals surface area (Å²) >= 11 is 0. The number of hydrogen-bond acceptors (Lipinski definition) is 3. The SMILES string of the molecule is [C-]#[N+]c1cncc(B2OC(C)(C)C(C)(C)O2)c1. The van der Waals surface area contributed by atoms with E-state index < -0.39 is 7.12 Å². The van der Waals surface area contributed by atoms with Gasteiger partial charge in [-0.1, -0.05) is 6.07 Å². The van der Waals surface area contributed by atoms with Gasteiger partial charge >= 0.3 is 7.12 Å². The molecule has 1 aromatic rings. The van der Waals surface area contributed by atoms with Crippen LogP contribution in [0.4, 0.5) is 5.69 Å². The van der Waals surface area contributed by atoms with Crippen molar-refractivity contribution in [2.75, 3.05) is 0 Å². The van der Waals surface area contributed by atoms with Gasteiger partial charge in [-0.05, 0) is 33.2 Å². The van der Waals surface area contributed by atoms with Crippen LogP contribution in [0.1, 0.15) is 27.7 Å². The lowest BCUT2D eigenvalue weighted by Gasteiger charge is -2.32. The van der Waals surface area contributed by atoms with E-state index in [2.05, 4.69) is 9.83 Å². The predicted molar refractivity (Wildman–Crippen MR) is 66.2 cm³/mol. The summed E-state index contributed by atoms with van der Waals surface area (Å²) in [6.45, 7) is 15.0. The predicted octanol–water partition coefficient (Wildman–Crippen LogP) is 1.93. The molecule has 1 fully saturated rings. The molecule has 0 spiro atoms. The van der Waals surface area contributed by atoms with Gasteiger partial charge in [0, 0.05) is 12.4 Å². The third kappa shape index (κ3) is 2.06. The zero-order valence-electron chi connectivity index (χ0n) is 10.5. The van der Waals surface area contributed by atoms with Crippen molar-refractivity contribution >= 4 is 18.3 Å². The van der Waals surface area contributed by atoms with Crippen molar-refractivity contribution in [3.63, 3.8) is 0 Å². The maximum Gasteiger partial charge on any atom is 0.495 e. The van der Waals surface area contributed by atoms with Crippen LogP contribution in [0.5, 0.6) is 0 Å². The molecule has 1 aliphatic rings. The van der Waals surface area contributed by atoms with E-state index in [1.807, 2.05) is 27.7 Å². The third-order valence-electron chi connectivity index (χ3n) is 3.40. The lowest BCUT2D eigenvalue weighted by Crippen LogP contribution is -2.41. The van der Waals surface area contributed by atoms with Gasteiger partial charge in [0.15, 0.2) is 0 Å². The van der Waals surface area contributed by atoms with E-state index in [0.29, 0.717) is 5.69 Å². The Hall–Kier alpha value is -1.38. The van der Waals surface area contributed by atoms with Gasteiger partial charge in [-0.2, -0.15) is 0 Å². The molecule has 0 bridgehead atoms. The van der Waals surface area contributed by atoms with E-state index in [1.165, 1.54) is 6.20 Å². The maximum absolute atomic E-state index is 6.97. The Morgan fingerprint density at radius 2 is 1.76 bits per heavy atom. The smallest absolute Gasteiger partial charge is 0.399 e. The molecule has 88 valence electrons. The van der Waals surface area contributed by atoms with Crippen LogP contribution >= 0.6 is 0 Å². The fraction of sp³-hybridized carbons (Fsp3) is 0.500. The Bertz CT molecular complexity index is 464. The highest BCUT2D eigenvalue weighted by Crippen LogP contribution is 2.36. The number of aromatic nitrogens is 1. The minimum absolute atomic E-state index is 0.369. The molecule has 0 amide bonds. The molecule has 1 aromatic heterocycles. The van der Waals surface area contributed by atoms with Gasteiger partial charge in [0.05, 0.1) is 17.8 Å². The quantitative estimate of drug-likeness (QED) is 0.546. The van der Waals surface area contributed by atoms with E-state index in [9.17, 15) is 0 Å². The third-order valence-corrected chi connectivity index (χ3v) is 3.40. The van der Waals surface area contributed by atoms with Gasteiger partial charge in [0.1, 0.15) is 0 Å². The molecule has 1 saturated heterocycles. The van der Waals surface area contributed by atoms with Gasteiger partial charge in [-0.3, -0.25) is 4.98 Å². The second-order valence-electron chi connectivity index (χ2n) is 5.18. The topological polar surface area (TPSA) is 35.7 Å². The van der Waals surface area contributed by atoms with Crippen molar-refractivity contribution in [3.05, 3.63) is 29.9 Å². The number of pyridine rings is 1. The molecule has 1 aliphatic heterocycles. The molecule has 0 unspecified atom stereocenters. The summed E-state index contributed by atoms with van der Waals surface area (Å²) < 4.78 is 11.8. The zero-order chi connectivity index (χ0) is 12.7. The van der Waals surface area contributed by atoms with Gasteiger partial charge in [0.2, 0.25) is 5.69 Å². The molecule has 2 heterocycles. The highest BCUT2D eigenvalue weighted by atomic mass is 16.7. The first kappa shape index (κ1) is 12.1. The van der Waals surface area contributed by atoms with Crippen LogP contribution in [0.2, 0.25) is 0 Å². The van der Waals surface area contributed by atoms with Gasteiger partial charge in [-0.25, -0.2) is 4.85 Å². The number of rotatable bonds is 1. The summed E-state index contributed by atoms with van der Waals surface area (Å²) in [7, 11) is -0.450. The van der Waals surface area contributed by atoms with Crippen LogP contribution in [-0.4, -0.2) is 23.3 Å². The largest absolute Gasteiger partial charge is 0.495 e. The van der Waals surface area contributed by atoms with Crippen molar-refractivity contribution in [2.24, 2.45) is 0 Å². The number of nitrogens with zero attached hydrogens (tertiary/aromatic N) is 2. The van der Waals surface area contributed by atoms with Crippen molar-refractivity contribution in [2.45, 2.75) is 38.9 Å². The Kier molecular flexibility index (Phi) is 2.72. The first-order valence-corrected chi connectivity index (χ1v) is 5.54. The second kappa shape index (κ2) is 3.83. The first-order chi connectivity index (χ1) is 7.86. The van der Waals surface area contributed by atoms with Crippen LogP contribution in [0, 0.1) is 6.57 Å². The average molecular weight is 230 g/mol. The lowest BCUT2D eigenvalue weighted by molar-refractivity contribution is 0.00578. The Morgan fingerprint density at radius 3 is 2.29 bits per heavy atom. The van der Waals surface area contributed by atoms with E-state index in [1.54, 1.807) is 12.3 Å². The van der Waals surface area contributed by atoms with E-state index in [-0.39, 0.29) is 11.2 Å². The van der Waals surface area contributed by atoms with Crippen molar-refractivity contribution in [1.82, 2.24) is 4.98 Å². The molecule has 0 atom stereocenters. The summed E-state index contributed by atoms with van der Waals surface area (Å²) in [5, 5.41) is 0. The van der Waals surface area contributed by atoms with Crippen LogP contribution in [-0.2, 0) is 9.31 Å². The first-order valence-electron chi connectivity index (χ1n) is 5.54. The molecule has 0 aliphatic carbocycles. The Labute approximate surface area is 102 Å². The number of hydrogen-bond donors (Lipinski definition) is 0. The highest BCUT2D eigenvalue weighted by Gasteiger charge is 2.51. The molecular formula is C12H15BN2O2. The van der Waals surface area contributed by atoms with Crippen molar-refractivity contribution in [3.8, 4) is 0 Å². The summed E-state index contributed by atoms with van der Waals surface area (Å²) in [4.78, 5) is 7.37. The second-order valence-corrected chi connectivity index (χ2v) is 5.18. The van der Waals surface area contributed by atoms with Crippen LogP contribution < -0.4 is 5.46 Å². The van der Waals surface area contributed by atoms with Crippen molar-refractivity contribution < 1.29 is 9.31 Å². The van der Waals surface area contributed by atoms with Crippen LogP contribution in [0.3, 0.4) is 0 Å². The Balaban J connectivity index is 2.29. The van der Waals surface area contributed by atoms with Gasteiger partial charge in [-0.15, -0.1) is 0 Å². The fourth-order valence-corrected chi connectivity index (χ4v) is 1.61. The van der Waals surface area contributed by atoms with Gasteiger partial charge in [0.25, 0.3) is 0 Å². The standard InChI is InChI=1S/C12H15BN2O2/c1-11(2)12(3,4)17-13(16-11)9-6-10(14-5)8-15-7-9/h6-8H,1-4H3. The molecular weight excluding hydrogens is 215 g/mol. The molecule has 0 saturated carbocycles. The summed E-state index contributed by atoms with van der Waals surface area (Å²) in [6, 6.07) is 1.75. The minimum atomic E-state index is -0.450. The molecule has 0 radical (unpaired) electrons. The maximum atomic E-state index is 6.97. The van der Waals surface area contributed by atoms with Gasteiger partial charge < -0.3 is 9.31 Å². The van der Waals surface area contributed by atoms with Crippen LogP contribution in [0.25, 0.3) is 4.85 Å². The highest BCUT2D eigenvalue weighted by molar-refractivity contribution is 6.62. The average Bonchev–Trinajstić information content (AvgIpc) is 2.48. The van der Waals surface area contributed by atoms with E-state index in [0.717, 1.165) is 5.46 Å². The molecule has 4 nitrogen and oxygen atoms in total. The van der Waals surface area contributed by atoms with E-state index in [4.69, 9.17) is 15.9 Å². The van der Waals surface area contributed by atoms with Crippen molar-refractivity contribution in [1.29, 1.82) is 0 Å². The van der Waals surface area contributed by atoms with E-state index >= 15 is 0 Å².